The predicted molar refractivity (Wildman–Crippen MR) is 216 cm³/mol. The Morgan fingerprint density at radius 1 is 0.815 bits per heavy atom. The normalized spacial score (nSPS) is 13.4. The van der Waals surface area contributed by atoms with Crippen molar-refractivity contribution in [3.8, 4) is 22.5 Å². The first-order valence-corrected chi connectivity index (χ1v) is 18.7. The molecular weight excluding hydrogens is 846 g/mol. The second-order valence-electron chi connectivity index (χ2n) is 15.9. The monoisotopic (exact) mass is 890 g/mol. The summed E-state index contributed by atoms with van der Waals surface area (Å²) in [4.78, 5) is 14.3. The topological polar surface area (TPSA) is 51.8 Å². The van der Waals surface area contributed by atoms with Crippen LogP contribution >= 0.6 is 0 Å². The van der Waals surface area contributed by atoms with Crippen molar-refractivity contribution in [3.63, 3.8) is 0 Å². The summed E-state index contributed by atoms with van der Waals surface area (Å²) in [5.74, 6) is 0.465. The van der Waals surface area contributed by atoms with Crippen molar-refractivity contribution in [2.45, 2.75) is 79.6 Å². The van der Waals surface area contributed by atoms with Gasteiger partial charge in [-0.3, -0.25) is 9.97 Å². The smallest absolute Gasteiger partial charge is 0.126 e. The molecule has 5 aromatic carbocycles. The number of furan rings is 1. The number of fused-ring (bicyclic) bond motifs is 5. The first-order chi connectivity index (χ1) is 25.5. The van der Waals surface area contributed by atoms with Crippen LogP contribution in [0.25, 0.3) is 66.3 Å². The number of aryl methyl sites for hydroxylation is 3. The second-order valence-corrected chi connectivity index (χ2v) is 15.9. The third-order valence-electron chi connectivity index (χ3n) is 10.3. The van der Waals surface area contributed by atoms with Gasteiger partial charge in [0.05, 0.1) is 16.6 Å². The van der Waals surface area contributed by atoms with E-state index in [2.05, 4.69) is 94.2 Å². The fourth-order valence-corrected chi connectivity index (χ4v) is 8.01. The first kappa shape index (κ1) is 37.5. The Morgan fingerprint density at radius 3 is 2.37 bits per heavy atom. The summed E-state index contributed by atoms with van der Waals surface area (Å²) in [7, 11) is 0. The summed E-state index contributed by atoms with van der Waals surface area (Å²) >= 11 is 0. The van der Waals surface area contributed by atoms with Gasteiger partial charge in [0.2, 0.25) is 0 Å². The number of pyridine rings is 1. The average molecular weight is 890 g/mol. The van der Waals surface area contributed by atoms with Gasteiger partial charge < -0.3 is 9.40 Å². The number of halogens is 1. The summed E-state index contributed by atoms with van der Waals surface area (Å²) < 4.78 is 21.2. The van der Waals surface area contributed by atoms with Gasteiger partial charge in [-0.15, -0.1) is 52.6 Å². The van der Waals surface area contributed by atoms with Gasteiger partial charge >= 0.3 is 0 Å². The van der Waals surface area contributed by atoms with Gasteiger partial charge in [-0.2, -0.15) is 0 Å². The van der Waals surface area contributed by atoms with Crippen molar-refractivity contribution >= 4 is 43.7 Å². The van der Waals surface area contributed by atoms with E-state index >= 15 is 4.39 Å². The first-order valence-electron chi connectivity index (χ1n) is 18.7. The molecule has 0 saturated heterocycles. The van der Waals surface area contributed by atoms with Crippen molar-refractivity contribution in [1.29, 1.82) is 0 Å². The SMILES string of the molecule is Cc1[c-]c(-c2cnc3c(C4CCCC4)cccc3n2)cc(C)c1.Cc1[c-]c(-c2nccc3cc(CC(C)(C)C)c(F)cc23)c2oc3ccccc3c2c1.[Ir]. The molecular formula is C48H44FIrN3O-2. The van der Waals surface area contributed by atoms with Gasteiger partial charge in [0.15, 0.2) is 0 Å². The molecule has 54 heavy (non-hydrogen) atoms. The molecule has 1 aliphatic rings. The molecule has 9 rings (SSSR count). The van der Waals surface area contributed by atoms with Gasteiger partial charge in [0.1, 0.15) is 11.4 Å². The number of aromatic nitrogens is 3. The molecule has 1 radical (unpaired) electrons. The molecule has 1 aliphatic carbocycles. The Morgan fingerprint density at radius 2 is 1.59 bits per heavy atom. The minimum Gasteiger partial charge on any atom is -0.501 e. The maximum atomic E-state index is 15.0. The standard InChI is InChI=1S/C27H23FNO.C21H21N2.Ir/c1-16-11-21-19-7-5-6-8-24(19)30-26(21)22(12-16)25-20-14-23(28)18(15-27(2,3)4)13-17(20)9-10-29-25;1-14-10-15(2)12-17(11-14)20-13-22-21-18(16-6-3-4-7-16)8-5-9-19(21)23-20;/h5-11,13-14H,15H2,1-4H3;5,8-11,13,16H,3-4,6-7H2,1-2H3;/q2*-1;. The van der Waals surface area contributed by atoms with E-state index in [-0.39, 0.29) is 31.3 Å². The summed E-state index contributed by atoms with van der Waals surface area (Å²) in [5, 5.41) is 3.83. The van der Waals surface area contributed by atoms with Crippen LogP contribution in [0.3, 0.4) is 0 Å². The average Bonchev–Trinajstić information content (AvgIpc) is 3.79. The van der Waals surface area contributed by atoms with Gasteiger partial charge in [0.25, 0.3) is 0 Å². The van der Waals surface area contributed by atoms with Crippen LogP contribution in [0.15, 0.2) is 95.7 Å². The Bertz CT molecular complexity index is 2630. The zero-order chi connectivity index (χ0) is 36.9. The number of nitrogens with zero attached hydrogens (tertiary/aromatic N) is 3. The van der Waals surface area contributed by atoms with Gasteiger partial charge in [-0.25, -0.2) is 4.39 Å². The van der Waals surface area contributed by atoms with Gasteiger partial charge in [-0.05, 0) is 88.5 Å². The van der Waals surface area contributed by atoms with E-state index < -0.39 is 0 Å². The third-order valence-corrected chi connectivity index (χ3v) is 10.3. The van der Waals surface area contributed by atoms with E-state index in [1.807, 2.05) is 43.5 Å². The summed E-state index contributed by atoms with van der Waals surface area (Å²) in [5.41, 5.74) is 12.5. The van der Waals surface area contributed by atoms with Gasteiger partial charge in [0, 0.05) is 43.6 Å². The Kier molecular flexibility index (Phi) is 10.5. The molecule has 3 heterocycles. The minimum atomic E-state index is -0.194. The van der Waals surface area contributed by atoms with Crippen LogP contribution in [0.1, 0.15) is 80.2 Å². The molecule has 0 amide bonds. The summed E-state index contributed by atoms with van der Waals surface area (Å²) in [6.45, 7) is 12.6. The number of hydrogen-bond acceptors (Lipinski definition) is 4. The van der Waals surface area contributed by atoms with Gasteiger partial charge in [-0.1, -0.05) is 95.7 Å². The van der Waals surface area contributed by atoms with Crippen LogP contribution in [-0.4, -0.2) is 15.0 Å². The molecule has 4 nitrogen and oxygen atoms in total. The van der Waals surface area contributed by atoms with Crippen LogP contribution < -0.4 is 0 Å². The van der Waals surface area contributed by atoms with Crippen molar-refractivity contribution in [2.24, 2.45) is 5.41 Å². The molecule has 8 aromatic rings. The zero-order valence-corrected chi connectivity index (χ0v) is 34.1. The molecule has 0 atom stereocenters. The third kappa shape index (κ3) is 7.60. The molecule has 275 valence electrons. The Hall–Kier alpha value is -4.77. The molecule has 0 spiro atoms. The van der Waals surface area contributed by atoms with E-state index in [0.29, 0.717) is 18.0 Å². The largest absolute Gasteiger partial charge is 0.501 e. The van der Waals surface area contributed by atoms with E-state index in [1.54, 1.807) is 12.3 Å². The van der Waals surface area contributed by atoms with Crippen LogP contribution in [0.5, 0.6) is 0 Å². The van der Waals surface area contributed by atoms with E-state index in [0.717, 1.165) is 77.3 Å². The van der Waals surface area contributed by atoms with Crippen molar-refractivity contribution in [1.82, 2.24) is 15.0 Å². The molecule has 1 fully saturated rings. The van der Waals surface area contributed by atoms with E-state index in [4.69, 9.17) is 14.4 Å². The minimum absolute atomic E-state index is 0. The predicted octanol–water partition coefficient (Wildman–Crippen LogP) is 13.0. The molecule has 0 unspecified atom stereocenters. The number of para-hydroxylation sites is 2. The summed E-state index contributed by atoms with van der Waals surface area (Å²) in [6, 6.07) is 33.1. The zero-order valence-electron chi connectivity index (χ0n) is 31.7. The second kappa shape index (κ2) is 15.2. The fourth-order valence-electron chi connectivity index (χ4n) is 8.01. The van der Waals surface area contributed by atoms with Crippen molar-refractivity contribution < 1.29 is 28.9 Å². The number of benzene rings is 5. The molecule has 0 bridgehead atoms. The maximum absolute atomic E-state index is 15.0. The Labute approximate surface area is 330 Å². The van der Waals surface area contributed by atoms with Crippen LogP contribution in [0, 0.1) is 44.1 Å². The van der Waals surface area contributed by atoms with Crippen molar-refractivity contribution in [3.05, 3.63) is 137 Å². The van der Waals surface area contributed by atoms with Crippen LogP contribution in [0.2, 0.25) is 0 Å². The van der Waals surface area contributed by atoms with Crippen LogP contribution in [-0.2, 0) is 26.5 Å². The van der Waals surface area contributed by atoms with E-state index in [9.17, 15) is 0 Å². The maximum Gasteiger partial charge on any atom is 0.126 e. The molecule has 0 N–H and O–H groups in total. The molecule has 6 heteroatoms. The molecule has 3 aromatic heterocycles. The number of rotatable bonds is 4. The summed E-state index contributed by atoms with van der Waals surface area (Å²) in [6.07, 6.45) is 9.61. The number of hydrogen-bond donors (Lipinski definition) is 0. The quantitative estimate of drug-likeness (QED) is 0.165. The molecule has 1 saturated carbocycles. The fraction of sp³-hybridized carbons (Fsp3) is 0.271. The van der Waals surface area contributed by atoms with Crippen LogP contribution in [0.4, 0.5) is 4.39 Å². The molecule has 0 aliphatic heterocycles. The van der Waals surface area contributed by atoms with Crippen molar-refractivity contribution in [2.75, 3.05) is 0 Å². The van der Waals surface area contributed by atoms with E-state index in [1.165, 1.54) is 36.8 Å². The Balaban J connectivity index is 0.000000169.